The van der Waals surface area contributed by atoms with Crippen LogP contribution in [-0.2, 0) is 4.74 Å². The van der Waals surface area contributed by atoms with E-state index in [-0.39, 0.29) is 23.6 Å². The predicted octanol–water partition coefficient (Wildman–Crippen LogP) is 2.15. The largest absolute Gasteiger partial charge is 0.377 e. The summed E-state index contributed by atoms with van der Waals surface area (Å²) < 4.78 is 10.8. The maximum atomic E-state index is 12.9. The minimum Gasteiger partial charge on any atom is -0.377 e. The lowest BCUT2D eigenvalue weighted by molar-refractivity contribution is -0.00713. The molecule has 0 bridgehead atoms. The van der Waals surface area contributed by atoms with Gasteiger partial charge in [-0.15, -0.1) is 0 Å². The zero-order chi connectivity index (χ0) is 18.0. The molecule has 1 aliphatic heterocycles. The molecule has 1 aliphatic rings. The van der Waals surface area contributed by atoms with Gasteiger partial charge in [-0.2, -0.15) is 0 Å². The summed E-state index contributed by atoms with van der Waals surface area (Å²) in [4.78, 5) is 23.6. The first-order valence-electron chi connectivity index (χ1n) is 8.38. The second-order valence-corrected chi connectivity index (χ2v) is 6.36. The Hall–Kier alpha value is -2.48. The number of aromatic nitrogens is 3. The fourth-order valence-electron chi connectivity index (χ4n) is 2.73. The summed E-state index contributed by atoms with van der Waals surface area (Å²) in [6.45, 7) is 7.18. The Labute approximate surface area is 146 Å². The summed E-state index contributed by atoms with van der Waals surface area (Å²) in [6, 6.07) is 3.20. The molecule has 134 valence electrons. The number of hydrogen-bond acceptors (Lipinski definition) is 7. The number of hydrogen-bond donors (Lipinski definition) is 1. The molecule has 8 heteroatoms. The maximum Gasteiger partial charge on any atom is 0.293 e. The van der Waals surface area contributed by atoms with Crippen molar-refractivity contribution in [2.45, 2.75) is 32.7 Å². The SMILES string of the molecule is CNc1cc(C)nc([C@@H]2COCCN2C(=O)c2cc(C(C)C)no2)n1. The third-order valence-electron chi connectivity index (χ3n) is 4.15. The topological polar surface area (TPSA) is 93.4 Å². The van der Waals surface area contributed by atoms with Crippen molar-refractivity contribution in [3.8, 4) is 0 Å². The summed E-state index contributed by atoms with van der Waals surface area (Å²) >= 11 is 0. The number of ether oxygens (including phenoxy) is 1. The molecule has 1 atom stereocenters. The quantitative estimate of drug-likeness (QED) is 0.907. The van der Waals surface area contributed by atoms with Gasteiger partial charge in [-0.25, -0.2) is 9.97 Å². The fourth-order valence-corrected chi connectivity index (χ4v) is 2.73. The van der Waals surface area contributed by atoms with E-state index < -0.39 is 0 Å². The highest BCUT2D eigenvalue weighted by Crippen LogP contribution is 2.26. The number of aryl methyl sites for hydroxylation is 1. The predicted molar refractivity (Wildman–Crippen MR) is 91.5 cm³/mol. The van der Waals surface area contributed by atoms with Crippen LogP contribution in [0.25, 0.3) is 0 Å². The number of anilines is 1. The molecule has 0 saturated carbocycles. The summed E-state index contributed by atoms with van der Waals surface area (Å²) in [5.74, 6) is 1.48. The van der Waals surface area contributed by atoms with Crippen molar-refractivity contribution in [2.75, 3.05) is 32.1 Å². The van der Waals surface area contributed by atoms with E-state index in [9.17, 15) is 4.79 Å². The van der Waals surface area contributed by atoms with Crippen LogP contribution in [0.2, 0.25) is 0 Å². The van der Waals surface area contributed by atoms with Gasteiger partial charge in [-0.3, -0.25) is 4.79 Å². The number of nitrogens with zero attached hydrogens (tertiary/aromatic N) is 4. The average Bonchev–Trinajstić information content (AvgIpc) is 3.11. The lowest BCUT2D eigenvalue weighted by atomic mass is 10.1. The molecule has 2 aromatic heterocycles. The Morgan fingerprint density at radius 1 is 1.36 bits per heavy atom. The standard InChI is InChI=1S/C17H23N5O3/c1-10(2)12-8-14(25-21-12)17(23)22-5-6-24-9-13(22)16-19-11(3)7-15(18-4)20-16/h7-8,10,13H,5-6,9H2,1-4H3,(H,18,19,20)/t13-/m0/s1. The van der Waals surface area contributed by atoms with Gasteiger partial charge in [0.15, 0.2) is 5.82 Å². The van der Waals surface area contributed by atoms with Gasteiger partial charge < -0.3 is 19.5 Å². The van der Waals surface area contributed by atoms with E-state index in [1.165, 1.54) is 0 Å². The summed E-state index contributed by atoms with van der Waals surface area (Å²) in [7, 11) is 1.80. The number of nitrogens with one attached hydrogen (secondary N) is 1. The number of amides is 1. The van der Waals surface area contributed by atoms with Crippen LogP contribution in [-0.4, -0.2) is 52.7 Å². The highest BCUT2D eigenvalue weighted by atomic mass is 16.5. The van der Waals surface area contributed by atoms with Crippen LogP contribution >= 0.6 is 0 Å². The zero-order valence-electron chi connectivity index (χ0n) is 14.9. The molecule has 25 heavy (non-hydrogen) atoms. The van der Waals surface area contributed by atoms with Crippen molar-refractivity contribution >= 4 is 11.7 Å². The molecule has 1 saturated heterocycles. The molecule has 3 rings (SSSR count). The molecular weight excluding hydrogens is 322 g/mol. The second kappa shape index (κ2) is 7.18. The monoisotopic (exact) mass is 345 g/mol. The van der Waals surface area contributed by atoms with Gasteiger partial charge >= 0.3 is 0 Å². The highest BCUT2D eigenvalue weighted by Gasteiger charge is 2.33. The van der Waals surface area contributed by atoms with Crippen LogP contribution < -0.4 is 5.32 Å². The molecule has 1 amide bonds. The number of morpholine rings is 1. The van der Waals surface area contributed by atoms with E-state index in [0.717, 1.165) is 11.4 Å². The minimum absolute atomic E-state index is 0.198. The molecular formula is C17H23N5O3. The molecule has 0 aliphatic carbocycles. The molecule has 3 heterocycles. The van der Waals surface area contributed by atoms with E-state index in [4.69, 9.17) is 9.26 Å². The lowest BCUT2D eigenvalue weighted by Crippen LogP contribution is -2.44. The van der Waals surface area contributed by atoms with Crippen LogP contribution in [0.5, 0.6) is 0 Å². The normalized spacial score (nSPS) is 17.8. The molecule has 1 N–H and O–H groups in total. The molecule has 2 aromatic rings. The third-order valence-corrected chi connectivity index (χ3v) is 4.15. The van der Waals surface area contributed by atoms with Gasteiger partial charge in [0.25, 0.3) is 5.91 Å². The van der Waals surface area contributed by atoms with Gasteiger partial charge in [0.05, 0.1) is 18.9 Å². The van der Waals surface area contributed by atoms with E-state index in [1.54, 1.807) is 18.0 Å². The van der Waals surface area contributed by atoms with Gasteiger partial charge in [-0.05, 0) is 12.8 Å². The number of carbonyl (C=O) groups is 1. The smallest absolute Gasteiger partial charge is 0.293 e. The molecule has 0 radical (unpaired) electrons. The van der Waals surface area contributed by atoms with Crippen LogP contribution in [0.1, 0.15) is 53.6 Å². The van der Waals surface area contributed by atoms with Crippen LogP contribution in [0.4, 0.5) is 5.82 Å². The Kier molecular flexibility index (Phi) is 4.98. The Bertz CT molecular complexity index is 758. The first-order chi connectivity index (χ1) is 12.0. The minimum atomic E-state index is -0.360. The molecule has 1 fully saturated rings. The van der Waals surface area contributed by atoms with Crippen molar-refractivity contribution < 1.29 is 14.1 Å². The molecule has 0 unspecified atom stereocenters. The fraction of sp³-hybridized carbons (Fsp3) is 0.529. The van der Waals surface area contributed by atoms with Crippen LogP contribution in [0.15, 0.2) is 16.7 Å². The van der Waals surface area contributed by atoms with Crippen LogP contribution in [0.3, 0.4) is 0 Å². The zero-order valence-corrected chi connectivity index (χ0v) is 14.9. The third kappa shape index (κ3) is 3.63. The van der Waals surface area contributed by atoms with Gasteiger partial charge in [0.2, 0.25) is 5.76 Å². The highest BCUT2D eigenvalue weighted by molar-refractivity contribution is 5.91. The van der Waals surface area contributed by atoms with Crippen molar-refractivity contribution in [1.82, 2.24) is 20.0 Å². The Morgan fingerprint density at radius 3 is 2.84 bits per heavy atom. The van der Waals surface area contributed by atoms with E-state index in [2.05, 4.69) is 20.4 Å². The van der Waals surface area contributed by atoms with Crippen molar-refractivity contribution in [1.29, 1.82) is 0 Å². The van der Waals surface area contributed by atoms with Gasteiger partial charge in [0, 0.05) is 31.4 Å². The second-order valence-electron chi connectivity index (χ2n) is 6.36. The van der Waals surface area contributed by atoms with E-state index >= 15 is 0 Å². The van der Waals surface area contributed by atoms with Crippen molar-refractivity contribution in [3.63, 3.8) is 0 Å². The Balaban J connectivity index is 1.90. The summed E-state index contributed by atoms with van der Waals surface area (Å²) in [6.07, 6.45) is 0. The first kappa shape index (κ1) is 17.3. The Morgan fingerprint density at radius 2 is 2.16 bits per heavy atom. The molecule has 8 nitrogen and oxygen atoms in total. The number of rotatable bonds is 4. The molecule has 0 aromatic carbocycles. The van der Waals surface area contributed by atoms with Crippen molar-refractivity contribution in [3.05, 3.63) is 35.1 Å². The first-order valence-corrected chi connectivity index (χ1v) is 8.38. The summed E-state index contributed by atoms with van der Waals surface area (Å²) in [5.41, 5.74) is 1.59. The van der Waals surface area contributed by atoms with E-state index in [0.29, 0.717) is 31.4 Å². The van der Waals surface area contributed by atoms with Gasteiger partial charge in [0.1, 0.15) is 11.9 Å². The van der Waals surface area contributed by atoms with Crippen molar-refractivity contribution in [2.24, 2.45) is 0 Å². The van der Waals surface area contributed by atoms with E-state index in [1.807, 2.05) is 26.8 Å². The number of carbonyl (C=O) groups excluding carboxylic acids is 1. The van der Waals surface area contributed by atoms with Gasteiger partial charge in [-0.1, -0.05) is 19.0 Å². The summed E-state index contributed by atoms with van der Waals surface area (Å²) in [5, 5.41) is 6.99. The maximum absolute atomic E-state index is 12.9. The molecule has 0 spiro atoms. The van der Waals surface area contributed by atoms with Crippen LogP contribution in [0, 0.1) is 6.92 Å². The average molecular weight is 345 g/mol. The lowest BCUT2D eigenvalue weighted by Gasteiger charge is -2.34.